The quantitative estimate of drug-likeness (QED) is 0.731. The molecule has 0 radical (unpaired) electrons. The van der Waals surface area contributed by atoms with Crippen molar-refractivity contribution in [3.8, 4) is 11.3 Å². The van der Waals surface area contributed by atoms with Gasteiger partial charge in [-0.15, -0.1) is 0 Å². The van der Waals surface area contributed by atoms with Crippen LogP contribution in [0.25, 0.3) is 17.3 Å². The van der Waals surface area contributed by atoms with Gasteiger partial charge in [0.05, 0.1) is 12.0 Å². The first kappa shape index (κ1) is 14.3. The molecule has 0 saturated carbocycles. The summed E-state index contributed by atoms with van der Waals surface area (Å²) >= 11 is 1.63. The monoisotopic (exact) mass is 310 g/mol. The molecule has 0 aliphatic heterocycles. The predicted octanol–water partition coefficient (Wildman–Crippen LogP) is 3.73. The molecule has 4 nitrogen and oxygen atoms in total. The molecule has 3 aromatic heterocycles. The number of amides is 1. The predicted molar refractivity (Wildman–Crippen MR) is 87.1 cm³/mol. The van der Waals surface area contributed by atoms with Crippen LogP contribution in [0.5, 0.6) is 0 Å². The molecular formula is C17H14N2O2S. The molecule has 110 valence electrons. The fourth-order valence-corrected chi connectivity index (χ4v) is 2.67. The van der Waals surface area contributed by atoms with Crippen LogP contribution in [0.3, 0.4) is 0 Å². The average Bonchev–Trinajstić information content (AvgIpc) is 3.24. The third-order valence-electron chi connectivity index (χ3n) is 3.08. The molecule has 3 rings (SSSR count). The number of carbonyl (C=O) groups excluding carboxylic acids is 1. The molecule has 3 aromatic rings. The van der Waals surface area contributed by atoms with Gasteiger partial charge in [-0.3, -0.25) is 9.78 Å². The number of hydrogen-bond acceptors (Lipinski definition) is 4. The van der Waals surface area contributed by atoms with Gasteiger partial charge in [-0.1, -0.05) is 6.07 Å². The lowest BCUT2D eigenvalue weighted by Crippen LogP contribution is -2.20. The van der Waals surface area contributed by atoms with E-state index in [1.807, 2.05) is 29.0 Å². The second kappa shape index (κ2) is 6.87. The van der Waals surface area contributed by atoms with Crippen LogP contribution >= 0.6 is 11.3 Å². The second-order valence-corrected chi connectivity index (χ2v) is 5.37. The Bertz CT molecular complexity index is 762. The molecule has 3 heterocycles. The number of carbonyl (C=O) groups is 1. The molecule has 1 amide bonds. The Morgan fingerprint density at radius 3 is 3.05 bits per heavy atom. The zero-order chi connectivity index (χ0) is 15.2. The topological polar surface area (TPSA) is 55.1 Å². The van der Waals surface area contributed by atoms with E-state index in [2.05, 4.69) is 10.3 Å². The van der Waals surface area contributed by atoms with Gasteiger partial charge in [0, 0.05) is 29.8 Å². The SMILES string of the molecule is O=C(/C=C/c1ccco1)NCc1cccnc1-c1ccsc1. The van der Waals surface area contributed by atoms with E-state index in [1.54, 1.807) is 42.0 Å². The fraction of sp³-hybridized carbons (Fsp3) is 0.0588. The number of rotatable bonds is 5. The summed E-state index contributed by atoms with van der Waals surface area (Å²) in [5, 5.41) is 6.92. The first-order valence-electron chi connectivity index (χ1n) is 6.79. The zero-order valence-corrected chi connectivity index (χ0v) is 12.5. The van der Waals surface area contributed by atoms with Crippen LogP contribution in [0.4, 0.5) is 0 Å². The highest BCUT2D eigenvalue weighted by molar-refractivity contribution is 7.08. The Hall–Kier alpha value is -2.66. The van der Waals surface area contributed by atoms with Crippen molar-refractivity contribution in [3.63, 3.8) is 0 Å². The highest BCUT2D eigenvalue weighted by Gasteiger charge is 2.07. The van der Waals surface area contributed by atoms with Crippen LogP contribution in [0.1, 0.15) is 11.3 Å². The molecule has 1 N–H and O–H groups in total. The Morgan fingerprint density at radius 2 is 2.27 bits per heavy atom. The minimum atomic E-state index is -0.170. The van der Waals surface area contributed by atoms with Crippen LogP contribution in [-0.2, 0) is 11.3 Å². The molecule has 0 atom stereocenters. The van der Waals surface area contributed by atoms with Gasteiger partial charge < -0.3 is 9.73 Å². The van der Waals surface area contributed by atoms with Crippen molar-refractivity contribution >= 4 is 23.3 Å². The minimum absolute atomic E-state index is 0.170. The zero-order valence-electron chi connectivity index (χ0n) is 11.7. The number of furan rings is 1. The van der Waals surface area contributed by atoms with Crippen molar-refractivity contribution in [2.24, 2.45) is 0 Å². The lowest BCUT2D eigenvalue weighted by molar-refractivity contribution is -0.116. The summed E-state index contributed by atoms with van der Waals surface area (Å²) in [6.07, 6.45) is 6.42. The largest absolute Gasteiger partial charge is 0.465 e. The molecular weight excluding hydrogens is 296 g/mol. The van der Waals surface area contributed by atoms with E-state index in [-0.39, 0.29) is 5.91 Å². The summed E-state index contributed by atoms with van der Waals surface area (Å²) in [5.74, 6) is 0.479. The third-order valence-corrected chi connectivity index (χ3v) is 3.76. The number of nitrogens with zero attached hydrogens (tertiary/aromatic N) is 1. The number of aromatic nitrogens is 1. The molecule has 0 fully saturated rings. The fourth-order valence-electron chi connectivity index (χ4n) is 2.03. The second-order valence-electron chi connectivity index (χ2n) is 4.59. The standard InChI is InChI=1S/C17H14N2O2S/c20-16(6-5-15-4-2-9-21-15)19-11-13-3-1-8-18-17(13)14-7-10-22-12-14/h1-10,12H,11H2,(H,19,20)/b6-5+. The molecule has 22 heavy (non-hydrogen) atoms. The van der Waals surface area contributed by atoms with E-state index in [0.29, 0.717) is 12.3 Å². The highest BCUT2D eigenvalue weighted by atomic mass is 32.1. The normalized spacial score (nSPS) is 10.9. The summed E-state index contributed by atoms with van der Waals surface area (Å²) in [4.78, 5) is 16.3. The summed E-state index contributed by atoms with van der Waals surface area (Å²) in [5.41, 5.74) is 2.96. The molecule has 0 aliphatic rings. The van der Waals surface area contributed by atoms with Crippen molar-refractivity contribution in [2.75, 3.05) is 0 Å². The van der Waals surface area contributed by atoms with Crippen molar-refractivity contribution in [1.82, 2.24) is 10.3 Å². The molecule has 0 aromatic carbocycles. The molecule has 0 bridgehead atoms. The van der Waals surface area contributed by atoms with E-state index < -0.39 is 0 Å². The first-order chi connectivity index (χ1) is 10.8. The smallest absolute Gasteiger partial charge is 0.244 e. The van der Waals surface area contributed by atoms with Gasteiger partial charge >= 0.3 is 0 Å². The van der Waals surface area contributed by atoms with Crippen LogP contribution < -0.4 is 5.32 Å². The molecule has 0 spiro atoms. The number of thiophene rings is 1. The van der Waals surface area contributed by atoms with E-state index >= 15 is 0 Å². The Kier molecular flexibility index (Phi) is 4.46. The summed E-state index contributed by atoms with van der Waals surface area (Å²) in [6, 6.07) is 9.43. The number of hydrogen-bond donors (Lipinski definition) is 1. The molecule has 0 aliphatic carbocycles. The van der Waals surface area contributed by atoms with Crippen LogP contribution in [0.15, 0.2) is 64.0 Å². The lowest BCUT2D eigenvalue weighted by atomic mass is 10.1. The van der Waals surface area contributed by atoms with Crippen LogP contribution in [-0.4, -0.2) is 10.9 Å². The summed E-state index contributed by atoms with van der Waals surface area (Å²) in [6.45, 7) is 0.431. The maximum Gasteiger partial charge on any atom is 0.244 e. The average molecular weight is 310 g/mol. The Morgan fingerprint density at radius 1 is 1.32 bits per heavy atom. The lowest BCUT2D eigenvalue weighted by Gasteiger charge is -2.07. The Balaban J connectivity index is 1.66. The van der Waals surface area contributed by atoms with Crippen LogP contribution in [0, 0.1) is 0 Å². The van der Waals surface area contributed by atoms with Crippen LogP contribution in [0.2, 0.25) is 0 Å². The van der Waals surface area contributed by atoms with Gasteiger partial charge in [0.2, 0.25) is 5.91 Å². The third kappa shape index (κ3) is 3.51. The van der Waals surface area contributed by atoms with E-state index in [4.69, 9.17) is 4.42 Å². The van der Waals surface area contributed by atoms with Crippen molar-refractivity contribution in [3.05, 3.63) is 71.0 Å². The maximum absolute atomic E-state index is 11.9. The molecule has 0 saturated heterocycles. The van der Waals surface area contributed by atoms with Gasteiger partial charge in [0.1, 0.15) is 5.76 Å². The van der Waals surface area contributed by atoms with Crippen molar-refractivity contribution < 1.29 is 9.21 Å². The van der Waals surface area contributed by atoms with Gasteiger partial charge in [-0.25, -0.2) is 0 Å². The maximum atomic E-state index is 11.9. The van der Waals surface area contributed by atoms with Crippen molar-refractivity contribution in [2.45, 2.75) is 6.54 Å². The molecule has 5 heteroatoms. The van der Waals surface area contributed by atoms with E-state index in [1.165, 1.54) is 6.08 Å². The number of pyridine rings is 1. The van der Waals surface area contributed by atoms with Crippen molar-refractivity contribution in [1.29, 1.82) is 0 Å². The first-order valence-corrected chi connectivity index (χ1v) is 7.73. The number of nitrogens with one attached hydrogen (secondary N) is 1. The van der Waals surface area contributed by atoms with E-state index in [9.17, 15) is 4.79 Å². The highest BCUT2D eigenvalue weighted by Crippen LogP contribution is 2.23. The van der Waals surface area contributed by atoms with E-state index in [0.717, 1.165) is 16.8 Å². The molecule has 0 unspecified atom stereocenters. The minimum Gasteiger partial charge on any atom is -0.465 e. The van der Waals surface area contributed by atoms with Gasteiger partial charge in [0.15, 0.2) is 0 Å². The van der Waals surface area contributed by atoms with Gasteiger partial charge in [-0.05, 0) is 41.3 Å². The summed E-state index contributed by atoms with van der Waals surface area (Å²) in [7, 11) is 0. The summed E-state index contributed by atoms with van der Waals surface area (Å²) < 4.78 is 5.14. The Labute approximate surface area is 132 Å². The van der Waals surface area contributed by atoms with Gasteiger partial charge in [0.25, 0.3) is 0 Å². The van der Waals surface area contributed by atoms with Gasteiger partial charge in [-0.2, -0.15) is 11.3 Å².